The molecule has 0 saturated heterocycles. The minimum absolute atomic E-state index is 0.0763. The molecule has 0 atom stereocenters. The van der Waals surface area contributed by atoms with Crippen LogP contribution < -0.4 is 10.0 Å². The first kappa shape index (κ1) is 19.2. The summed E-state index contributed by atoms with van der Waals surface area (Å²) < 4.78 is 27.5. The first-order valence-corrected chi connectivity index (χ1v) is 11.1. The van der Waals surface area contributed by atoms with Crippen molar-refractivity contribution >= 4 is 44.0 Å². The van der Waals surface area contributed by atoms with Crippen LogP contribution >= 0.6 is 22.9 Å². The van der Waals surface area contributed by atoms with Gasteiger partial charge < -0.3 is 0 Å². The van der Waals surface area contributed by atoms with Crippen molar-refractivity contribution in [3.8, 4) is 0 Å². The van der Waals surface area contributed by atoms with E-state index >= 15 is 0 Å². The Kier molecular flexibility index (Phi) is 6.23. The van der Waals surface area contributed by atoms with Crippen molar-refractivity contribution in [1.82, 2.24) is 14.9 Å². The van der Waals surface area contributed by atoms with Crippen LogP contribution in [0.2, 0.25) is 5.02 Å². The number of rotatable bonds is 5. The Balaban J connectivity index is 1.68. The zero-order chi connectivity index (χ0) is 18.6. The third-order valence-corrected chi connectivity index (χ3v) is 7.21. The van der Waals surface area contributed by atoms with Crippen LogP contribution in [0.5, 0.6) is 0 Å². The molecule has 1 aliphatic rings. The van der Waals surface area contributed by atoms with E-state index in [4.69, 9.17) is 11.6 Å². The lowest BCUT2D eigenvalue weighted by molar-refractivity contribution is 0.102. The molecule has 0 aliphatic heterocycles. The molecule has 0 unspecified atom stereocenters. The number of anilines is 1. The summed E-state index contributed by atoms with van der Waals surface area (Å²) in [4.78, 5) is 12.2. The summed E-state index contributed by atoms with van der Waals surface area (Å²) in [6.45, 7) is 0. The number of carbonyl (C=O) groups is 1. The molecule has 1 aliphatic carbocycles. The summed E-state index contributed by atoms with van der Waals surface area (Å²) in [6.07, 6.45) is 5.96. The fraction of sp³-hybridized carbons (Fsp3) is 0.438. The maximum atomic E-state index is 12.5. The van der Waals surface area contributed by atoms with Crippen molar-refractivity contribution in [3.63, 3.8) is 0 Å². The lowest BCUT2D eigenvalue weighted by Gasteiger charge is -2.14. The summed E-state index contributed by atoms with van der Waals surface area (Å²) >= 11 is 6.80. The monoisotopic (exact) mass is 414 g/mol. The molecule has 1 fully saturated rings. The van der Waals surface area contributed by atoms with Crippen molar-refractivity contribution in [2.45, 2.75) is 48.9 Å². The number of amides is 1. The van der Waals surface area contributed by atoms with E-state index in [-0.39, 0.29) is 21.1 Å². The Bertz CT molecular complexity index is 877. The molecule has 1 amide bonds. The van der Waals surface area contributed by atoms with Crippen LogP contribution in [0, 0.1) is 0 Å². The molecule has 1 saturated carbocycles. The maximum absolute atomic E-state index is 12.5. The lowest BCUT2D eigenvalue weighted by Crippen LogP contribution is -2.34. The van der Waals surface area contributed by atoms with Crippen molar-refractivity contribution < 1.29 is 13.2 Å². The standard InChI is InChI=1S/C16H19ClN4O3S2/c17-13-10-6-5-9-12(13)14(22)18-15-19-20-16(25-15)26(23,24)21-11-7-3-1-2-4-8-11/h5-6,9-11,21H,1-4,7-8H2,(H,18,19,22). The van der Waals surface area contributed by atoms with Gasteiger partial charge in [0.05, 0.1) is 10.6 Å². The molecule has 140 valence electrons. The van der Waals surface area contributed by atoms with Gasteiger partial charge in [-0.25, -0.2) is 13.1 Å². The van der Waals surface area contributed by atoms with E-state index in [0.717, 1.165) is 49.9 Å². The van der Waals surface area contributed by atoms with Crippen molar-refractivity contribution in [3.05, 3.63) is 34.9 Å². The zero-order valence-corrected chi connectivity index (χ0v) is 16.3. The average Bonchev–Trinajstić information content (AvgIpc) is 2.93. The summed E-state index contributed by atoms with van der Waals surface area (Å²) in [5.41, 5.74) is 0.283. The number of nitrogens with zero attached hydrogens (tertiary/aromatic N) is 2. The number of nitrogens with one attached hydrogen (secondary N) is 2. The second-order valence-corrected chi connectivity index (χ2v) is 9.39. The SMILES string of the molecule is O=C(Nc1nnc(S(=O)(=O)NC2CCCCCC2)s1)c1ccccc1Cl. The van der Waals surface area contributed by atoms with E-state index in [1.54, 1.807) is 24.3 Å². The highest BCUT2D eigenvalue weighted by atomic mass is 35.5. The molecular weight excluding hydrogens is 396 g/mol. The molecule has 2 N–H and O–H groups in total. The predicted octanol–water partition coefficient (Wildman–Crippen LogP) is 3.44. The van der Waals surface area contributed by atoms with Crippen LogP contribution in [0.3, 0.4) is 0 Å². The van der Waals surface area contributed by atoms with Gasteiger partial charge in [0.25, 0.3) is 15.9 Å². The summed E-state index contributed by atoms with van der Waals surface area (Å²) in [7, 11) is -3.75. The predicted molar refractivity (Wildman–Crippen MR) is 101 cm³/mol. The summed E-state index contributed by atoms with van der Waals surface area (Å²) in [5.74, 6) is -0.465. The van der Waals surface area contributed by atoms with Gasteiger partial charge in [-0.1, -0.05) is 60.8 Å². The molecule has 26 heavy (non-hydrogen) atoms. The van der Waals surface area contributed by atoms with Crippen molar-refractivity contribution in [1.29, 1.82) is 0 Å². The van der Waals surface area contributed by atoms with Crippen molar-refractivity contribution in [2.24, 2.45) is 0 Å². The molecule has 0 bridgehead atoms. The molecule has 3 rings (SSSR count). The highest BCUT2D eigenvalue weighted by Gasteiger charge is 2.25. The number of benzene rings is 1. The Morgan fingerprint density at radius 1 is 1.12 bits per heavy atom. The van der Waals surface area contributed by atoms with Gasteiger partial charge in [-0.2, -0.15) is 0 Å². The Labute approximate surface area is 161 Å². The molecule has 1 aromatic carbocycles. The Morgan fingerprint density at radius 3 is 2.50 bits per heavy atom. The van der Waals surface area contributed by atoms with E-state index in [2.05, 4.69) is 20.2 Å². The lowest BCUT2D eigenvalue weighted by atomic mass is 10.1. The van der Waals surface area contributed by atoms with Crippen LogP contribution in [-0.4, -0.2) is 30.6 Å². The van der Waals surface area contributed by atoms with E-state index in [9.17, 15) is 13.2 Å². The van der Waals surface area contributed by atoms with E-state index in [0.29, 0.717) is 5.02 Å². The topological polar surface area (TPSA) is 101 Å². The van der Waals surface area contributed by atoms with E-state index in [1.165, 1.54) is 0 Å². The van der Waals surface area contributed by atoms with Crippen molar-refractivity contribution in [2.75, 3.05) is 5.32 Å². The third-order valence-electron chi connectivity index (χ3n) is 4.15. The molecule has 2 aromatic rings. The molecule has 0 radical (unpaired) electrons. The minimum atomic E-state index is -3.75. The van der Waals surface area contributed by atoms with Gasteiger partial charge in [0, 0.05) is 6.04 Å². The van der Waals surface area contributed by atoms with Gasteiger partial charge in [0.2, 0.25) is 9.47 Å². The second-order valence-electron chi connectivity index (χ2n) is 6.12. The van der Waals surface area contributed by atoms with E-state index < -0.39 is 15.9 Å². The zero-order valence-electron chi connectivity index (χ0n) is 13.9. The number of hydrogen-bond donors (Lipinski definition) is 2. The number of halogens is 1. The van der Waals surface area contributed by atoms with Crippen LogP contribution in [-0.2, 0) is 10.0 Å². The van der Waals surface area contributed by atoms with Gasteiger partial charge in [-0.15, -0.1) is 10.2 Å². The van der Waals surface area contributed by atoms with Crippen LogP contribution in [0.1, 0.15) is 48.9 Å². The number of aromatic nitrogens is 2. The second kappa shape index (κ2) is 8.43. The highest BCUT2D eigenvalue weighted by Crippen LogP contribution is 2.24. The van der Waals surface area contributed by atoms with E-state index in [1.807, 2.05) is 0 Å². The molecule has 7 nitrogen and oxygen atoms in total. The first-order chi connectivity index (χ1) is 12.5. The average molecular weight is 415 g/mol. The normalized spacial score (nSPS) is 16.2. The van der Waals surface area contributed by atoms with Crippen LogP contribution in [0.25, 0.3) is 0 Å². The van der Waals surface area contributed by atoms with Gasteiger partial charge >= 0.3 is 0 Å². The van der Waals surface area contributed by atoms with Crippen LogP contribution in [0.4, 0.5) is 5.13 Å². The third kappa shape index (κ3) is 4.79. The smallest absolute Gasteiger partial charge is 0.270 e. The van der Waals surface area contributed by atoms with Gasteiger partial charge in [0.15, 0.2) is 0 Å². The summed E-state index contributed by atoms with van der Waals surface area (Å²) in [5, 5.41) is 10.4. The molecule has 0 spiro atoms. The molecule has 10 heteroatoms. The fourth-order valence-electron chi connectivity index (χ4n) is 2.85. The molecular formula is C16H19ClN4O3S2. The Hall–Kier alpha value is -1.55. The summed E-state index contributed by atoms with van der Waals surface area (Å²) in [6, 6.07) is 6.50. The largest absolute Gasteiger partial charge is 0.296 e. The number of hydrogen-bond acceptors (Lipinski definition) is 6. The molecule has 1 aromatic heterocycles. The van der Waals surface area contributed by atoms with Gasteiger partial charge in [-0.05, 0) is 25.0 Å². The van der Waals surface area contributed by atoms with Gasteiger partial charge in [-0.3, -0.25) is 10.1 Å². The fourth-order valence-corrected chi connectivity index (χ4v) is 5.28. The van der Waals surface area contributed by atoms with Gasteiger partial charge in [0.1, 0.15) is 0 Å². The quantitative estimate of drug-likeness (QED) is 0.576. The number of sulfonamides is 1. The number of carbonyl (C=O) groups excluding carboxylic acids is 1. The first-order valence-electron chi connectivity index (χ1n) is 8.37. The Morgan fingerprint density at radius 2 is 1.81 bits per heavy atom. The van der Waals surface area contributed by atoms with Crippen LogP contribution in [0.15, 0.2) is 28.6 Å². The maximum Gasteiger partial charge on any atom is 0.270 e. The highest BCUT2D eigenvalue weighted by molar-refractivity contribution is 7.91. The molecule has 1 heterocycles. The minimum Gasteiger partial charge on any atom is -0.296 e.